The summed E-state index contributed by atoms with van der Waals surface area (Å²) in [5.41, 5.74) is 10.9. The van der Waals surface area contributed by atoms with Crippen LogP contribution in [0.2, 0.25) is 0 Å². The monoisotopic (exact) mass is 382 g/mol. The number of pyridine rings is 1. The van der Waals surface area contributed by atoms with E-state index in [1.807, 2.05) is 0 Å². The number of nitrogens with one attached hydrogen (secondary N) is 2. The molecule has 0 aliphatic heterocycles. The molecule has 4 amide bonds. The van der Waals surface area contributed by atoms with Gasteiger partial charge < -0.3 is 21.7 Å². The van der Waals surface area contributed by atoms with Crippen molar-refractivity contribution in [3.05, 3.63) is 30.1 Å². The molecule has 0 saturated heterocycles. The van der Waals surface area contributed by atoms with Gasteiger partial charge in [-0.05, 0) is 11.6 Å². The molecule has 0 radical (unpaired) electrons. The summed E-state index contributed by atoms with van der Waals surface area (Å²) in [5.74, 6) is -2.41. The van der Waals surface area contributed by atoms with E-state index in [0.717, 1.165) is 4.90 Å². The molecule has 0 spiro atoms. The summed E-state index contributed by atoms with van der Waals surface area (Å²) in [5, 5.41) is 5.18. The molecule has 1 aromatic heterocycles. The van der Waals surface area contributed by atoms with Crippen molar-refractivity contribution in [2.45, 2.75) is 24.9 Å². The van der Waals surface area contributed by atoms with Crippen molar-refractivity contribution in [3.8, 4) is 0 Å². The number of carbonyl (C=O) groups is 4. The average molecular weight is 382 g/mol. The number of aromatic nitrogens is 1. The van der Waals surface area contributed by atoms with Crippen molar-refractivity contribution < 1.29 is 19.2 Å². The first-order valence-corrected chi connectivity index (χ1v) is 8.29. The largest absolute Gasteiger partial charge is 0.370 e. The Hall–Kier alpha value is -2.58. The molecule has 0 fully saturated rings. The summed E-state index contributed by atoms with van der Waals surface area (Å²) >= 11 is 0. The molecule has 0 aliphatic carbocycles. The molecule has 11 heteroatoms. The second-order valence-electron chi connectivity index (χ2n) is 5.68. The van der Waals surface area contributed by atoms with Gasteiger partial charge in [-0.25, -0.2) is 0 Å². The molecule has 3 atom stereocenters. The van der Waals surface area contributed by atoms with Crippen molar-refractivity contribution in [3.63, 3.8) is 0 Å². The minimum absolute atomic E-state index is 0.154. The second-order valence-corrected chi connectivity index (χ2v) is 6.01. The van der Waals surface area contributed by atoms with Crippen LogP contribution in [0.3, 0.4) is 0 Å². The Bertz CT molecular complexity index is 657. The second kappa shape index (κ2) is 10.4. The minimum Gasteiger partial charge on any atom is -0.370 e. The van der Waals surface area contributed by atoms with Gasteiger partial charge in [0.05, 0.1) is 19.0 Å². The molecular formula is C15H23N6O4P. The number of hydrogen-bond acceptors (Lipinski definition) is 6. The summed E-state index contributed by atoms with van der Waals surface area (Å²) in [7, 11) is 3.54. The number of likely N-dealkylation sites (N-methyl/N-ethyl adjacent to an activating group) is 1. The molecule has 1 aromatic rings. The first-order chi connectivity index (χ1) is 12.2. The smallest absolute Gasteiger partial charge is 0.245 e. The van der Waals surface area contributed by atoms with Gasteiger partial charge in [-0.3, -0.25) is 29.2 Å². The summed E-state index contributed by atoms with van der Waals surface area (Å²) in [6.07, 6.45) is 3.07. The minimum atomic E-state index is -0.968. The molecule has 10 nitrogen and oxygen atoms in total. The lowest BCUT2D eigenvalue weighted by Gasteiger charge is -2.25. The van der Waals surface area contributed by atoms with Crippen LogP contribution in [0.5, 0.6) is 0 Å². The molecule has 6 N–H and O–H groups in total. The molecule has 0 aliphatic rings. The lowest BCUT2D eigenvalue weighted by Crippen LogP contribution is -2.54. The highest BCUT2D eigenvalue weighted by atomic mass is 31.0. The van der Waals surface area contributed by atoms with E-state index in [9.17, 15) is 19.2 Å². The topological polar surface area (TPSA) is 161 Å². The van der Waals surface area contributed by atoms with Gasteiger partial charge in [-0.1, -0.05) is 15.5 Å². The first kappa shape index (κ1) is 21.5. The highest BCUT2D eigenvalue weighted by molar-refractivity contribution is 7.13. The van der Waals surface area contributed by atoms with E-state index in [2.05, 4.69) is 24.8 Å². The first-order valence-electron chi connectivity index (χ1n) is 7.71. The van der Waals surface area contributed by atoms with E-state index in [4.69, 9.17) is 11.5 Å². The quantitative estimate of drug-likeness (QED) is 0.332. The van der Waals surface area contributed by atoms with Crippen molar-refractivity contribution in [1.82, 2.24) is 20.3 Å². The Kier molecular flexibility index (Phi) is 8.60. The SMILES string of the molecule is CN(CC(N)=O)C(=O)[C@H](Cc1cccnc1)NC(=O)C(CC(N)=O)NP. The maximum absolute atomic E-state index is 12.6. The predicted octanol–water partition coefficient (Wildman–Crippen LogP) is -2.32. The van der Waals surface area contributed by atoms with Gasteiger partial charge in [0.1, 0.15) is 6.04 Å². The molecule has 0 bridgehead atoms. The Labute approximate surface area is 153 Å². The third-order valence-electron chi connectivity index (χ3n) is 3.47. The van der Waals surface area contributed by atoms with Gasteiger partial charge in [0.15, 0.2) is 0 Å². The number of nitrogens with zero attached hydrogens (tertiary/aromatic N) is 2. The summed E-state index contributed by atoms with van der Waals surface area (Å²) < 4.78 is 0. The number of hydrogen-bond donors (Lipinski definition) is 4. The Balaban J connectivity index is 2.95. The third-order valence-corrected chi connectivity index (χ3v) is 3.87. The van der Waals surface area contributed by atoms with Crippen molar-refractivity contribution in [2.75, 3.05) is 13.6 Å². The molecule has 0 saturated carbocycles. The number of rotatable bonds is 10. The van der Waals surface area contributed by atoms with Gasteiger partial charge >= 0.3 is 0 Å². The Morgan fingerprint density at radius 3 is 2.42 bits per heavy atom. The van der Waals surface area contributed by atoms with Gasteiger partial charge in [0.2, 0.25) is 23.6 Å². The zero-order chi connectivity index (χ0) is 19.7. The van der Waals surface area contributed by atoms with Crippen LogP contribution in [0.15, 0.2) is 24.5 Å². The lowest BCUT2D eigenvalue weighted by atomic mass is 10.1. The van der Waals surface area contributed by atoms with Crippen LogP contribution in [0.25, 0.3) is 0 Å². The van der Waals surface area contributed by atoms with Crippen LogP contribution in [-0.4, -0.2) is 59.2 Å². The van der Waals surface area contributed by atoms with Crippen molar-refractivity contribution in [1.29, 1.82) is 0 Å². The molecule has 2 unspecified atom stereocenters. The number of carbonyl (C=O) groups excluding carboxylic acids is 4. The standard InChI is InChI=1S/C15H23N6O4P/c1-21(8-13(17)23)15(25)11(5-9-3-2-4-18-7-9)19-14(24)10(20-26)6-12(16)22/h2-4,7,10-11,20H,5-6,8,26H2,1H3,(H2,16,22)(H2,17,23)(H,19,24)/t10?,11-/m0/s1. The highest BCUT2D eigenvalue weighted by Crippen LogP contribution is 2.06. The van der Waals surface area contributed by atoms with Crippen LogP contribution in [0.1, 0.15) is 12.0 Å². The molecular weight excluding hydrogens is 359 g/mol. The van der Waals surface area contributed by atoms with Gasteiger partial charge in [-0.15, -0.1) is 0 Å². The molecule has 1 heterocycles. The molecule has 142 valence electrons. The zero-order valence-electron chi connectivity index (χ0n) is 14.3. The van der Waals surface area contributed by atoms with Gasteiger partial charge in [-0.2, -0.15) is 0 Å². The maximum Gasteiger partial charge on any atom is 0.245 e. The maximum atomic E-state index is 12.6. The fourth-order valence-electron chi connectivity index (χ4n) is 2.23. The predicted molar refractivity (Wildman–Crippen MR) is 97.1 cm³/mol. The number of amides is 4. The van der Waals surface area contributed by atoms with Crippen LogP contribution >= 0.6 is 9.39 Å². The van der Waals surface area contributed by atoms with E-state index in [-0.39, 0.29) is 19.4 Å². The Morgan fingerprint density at radius 1 is 1.23 bits per heavy atom. The van der Waals surface area contributed by atoms with Crippen LogP contribution in [-0.2, 0) is 25.6 Å². The average Bonchev–Trinajstić information content (AvgIpc) is 2.58. The summed E-state index contributed by atoms with van der Waals surface area (Å²) in [6, 6.07) is 1.57. The van der Waals surface area contributed by atoms with E-state index in [0.29, 0.717) is 5.56 Å². The lowest BCUT2D eigenvalue weighted by molar-refractivity contribution is -0.138. The summed E-state index contributed by atoms with van der Waals surface area (Å²) in [4.78, 5) is 52.2. The number of nitrogens with two attached hydrogens (primary N) is 2. The van der Waals surface area contributed by atoms with Crippen molar-refractivity contribution in [2.24, 2.45) is 11.5 Å². The Morgan fingerprint density at radius 2 is 1.92 bits per heavy atom. The van der Waals surface area contributed by atoms with E-state index >= 15 is 0 Å². The zero-order valence-corrected chi connectivity index (χ0v) is 15.5. The van der Waals surface area contributed by atoms with Gasteiger partial charge in [0.25, 0.3) is 0 Å². The normalized spacial score (nSPS) is 12.7. The third kappa shape index (κ3) is 7.12. The van der Waals surface area contributed by atoms with E-state index < -0.39 is 35.7 Å². The van der Waals surface area contributed by atoms with Crippen LogP contribution < -0.4 is 21.9 Å². The highest BCUT2D eigenvalue weighted by Gasteiger charge is 2.28. The fraction of sp³-hybridized carbons (Fsp3) is 0.400. The van der Waals surface area contributed by atoms with Crippen LogP contribution in [0, 0.1) is 0 Å². The molecule has 26 heavy (non-hydrogen) atoms. The molecule has 0 aromatic carbocycles. The van der Waals surface area contributed by atoms with E-state index in [1.54, 1.807) is 24.5 Å². The summed E-state index contributed by atoms with van der Waals surface area (Å²) in [6.45, 7) is -0.287. The van der Waals surface area contributed by atoms with Crippen LogP contribution in [0.4, 0.5) is 0 Å². The fourth-order valence-corrected chi connectivity index (χ4v) is 2.50. The van der Waals surface area contributed by atoms with Gasteiger partial charge in [0, 0.05) is 25.9 Å². The van der Waals surface area contributed by atoms with E-state index in [1.165, 1.54) is 7.05 Å². The molecule has 1 rings (SSSR count). The van der Waals surface area contributed by atoms with Crippen molar-refractivity contribution >= 4 is 33.0 Å². The number of primary amides is 2.